The summed E-state index contributed by atoms with van der Waals surface area (Å²) in [5.41, 5.74) is 3.14. The van der Waals surface area contributed by atoms with Crippen molar-refractivity contribution in [1.29, 1.82) is 0 Å². The monoisotopic (exact) mass is 278 g/mol. The minimum Gasteiger partial charge on any atom is -0.454 e. The quantitative estimate of drug-likeness (QED) is 0.795. The summed E-state index contributed by atoms with van der Waals surface area (Å²) in [6.07, 6.45) is 1.82. The standard InChI is InChI=1S/C17H14N2O2/c1-2-6-14-13(5-1)15(8-9-18-14)19-10-12-4-3-7-16-17(12)21-11-20-16/h1-9H,10-11H2,(H,18,19). The summed E-state index contributed by atoms with van der Waals surface area (Å²) in [4.78, 5) is 4.37. The third kappa shape index (κ3) is 2.14. The summed E-state index contributed by atoms with van der Waals surface area (Å²) >= 11 is 0. The molecule has 0 amide bonds. The number of ether oxygens (including phenoxy) is 2. The van der Waals surface area contributed by atoms with Crippen LogP contribution in [0.15, 0.2) is 54.7 Å². The maximum Gasteiger partial charge on any atom is 0.231 e. The average Bonchev–Trinajstić information content (AvgIpc) is 3.02. The Bertz CT molecular complexity index is 796. The summed E-state index contributed by atoms with van der Waals surface area (Å²) < 4.78 is 10.9. The molecule has 4 nitrogen and oxygen atoms in total. The van der Waals surface area contributed by atoms with E-state index in [0.717, 1.165) is 33.7 Å². The Morgan fingerprint density at radius 1 is 1.00 bits per heavy atom. The molecule has 1 aliphatic rings. The second-order valence-corrected chi connectivity index (χ2v) is 4.88. The van der Waals surface area contributed by atoms with E-state index in [-0.39, 0.29) is 0 Å². The number of anilines is 1. The molecule has 1 aromatic heterocycles. The molecular weight excluding hydrogens is 264 g/mol. The van der Waals surface area contributed by atoms with Gasteiger partial charge in [0.05, 0.1) is 5.52 Å². The molecule has 0 fully saturated rings. The molecule has 1 N–H and O–H groups in total. The van der Waals surface area contributed by atoms with Gasteiger partial charge in [0.15, 0.2) is 11.5 Å². The number of benzene rings is 2. The normalized spacial score (nSPS) is 12.6. The summed E-state index contributed by atoms with van der Waals surface area (Å²) in [6, 6.07) is 16.0. The molecule has 4 heteroatoms. The number of pyridine rings is 1. The minimum atomic E-state index is 0.296. The number of aromatic nitrogens is 1. The van der Waals surface area contributed by atoms with Gasteiger partial charge in [-0.1, -0.05) is 30.3 Å². The number of hydrogen-bond donors (Lipinski definition) is 1. The van der Waals surface area contributed by atoms with Crippen LogP contribution in [0.5, 0.6) is 11.5 Å². The number of fused-ring (bicyclic) bond motifs is 2. The van der Waals surface area contributed by atoms with E-state index in [1.54, 1.807) is 0 Å². The number of nitrogens with one attached hydrogen (secondary N) is 1. The molecule has 2 heterocycles. The topological polar surface area (TPSA) is 43.4 Å². The van der Waals surface area contributed by atoms with Crippen LogP contribution >= 0.6 is 0 Å². The third-order valence-corrected chi connectivity index (χ3v) is 3.60. The molecule has 0 saturated carbocycles. The van der Waals surface area contributed by atoms with Crippen molar-refractivity contribution < 1.29 is 9.47 Å². The van der Waals surface area contributed by atoms with E-state index >= 15 is 0 Å². The average molecular weight is 278 g/mol. The van der Waals surface area contributed by atoms with Crippen molar-refractivity contribution in [2.24, 2.45) is 0 Å². The van der Waals surface area contributed by atoms with Gasteiger partial charge in [-0.3, -0.25) is 4.98 Å². The van der Waals surface area contributed by atoms with Crippen LogP contribution in [0.2, 0.25) is 0 Å². The Morgan fingerprint density at radius 3 is 2.95 bits per heavy atom. The van der Waals surface area contributed by atoms with Crippen molar-refractivity contribution in [3.8, 4) is 11.5 Å². The highest BCUT2D eigenvalue weighted by atomic mass is 16.7. The highest BCUT2D eigenvalue weighted by Gasteiger charge is 2.16. The van der Waals surface area contributed by atoms with Gasteiger partial charge in [0, 0.05) is 29.4 Å². The van der Waals surface area contributed by atoms with Gasteiger partial charge in [-0.25, -0.2) is 0 Å². The molecule has 3 aromatic rings. The second-order valence-electron chi connectivity index (χ2n) is 4.88. The van der Waals surface area contributed by atoms with Crippen LogP contribution in [0.1, 0.15) is 5.56 Å². The second kappa shape index (κ2) is 4.98. The Kier molecular flexibility index (Phi) is 2.85. The SMILES string of the molecule is c1cc(CNc2ccnc3ccccc23)c2c(c1)OCO2. The molecule has 2 aromatic carbocycles. The predicted molar refractivity (Wildman–Crippen MR) is 81.6 cm³/mol. The predicted octanol–water partition coefficient (Wildman–Crippen LogP) is 3.58. The first-order valence-corrected chi connectivity index (χ1v) is 6.87. The highest BCUT2D eigenvalue weighted by molar-refractivity contribution is 5.90. The van der Waals surface area contributed by atoms with Crippen molar-refractivity contribution in [2.45, 2.75) is 6.54 Å². The van der Waals surface area contributed by atoms with Crippen LogP contribution in [0, 0.1) is 0 Å². The van der Waals surface area contributed by atoms with Gasteiger partial charge in [-0.2, -0.15) is 0 Å². The van der Waals surface area contributed by atoms with E-state index in [1.807, 2.05) is 48.7 Å². The first-order chi connectivity index (χ1) is 10.4. The molecule has 0 unspecified atom stereocenters. The van der Waals surface area contributed by atoms with Crippen molar-refractivity contribution in [2.75, 3.05) is 12.1 Å². The molecule has 0 saturated heterocycles. The molecule has 0 atom stereocenters. The maximum absolute atomic E-state index is 5.53. The van der Waals surface area contributed by atoms with E-state index in [1.165, 1.54) is 0 Å². The molecule has 0 aliphatic carbocycles. The van der Waals surface area contributed by atoms with Crippen LogP contribution in [0.3, 0.4) is 0 Å². The summed E-state index contributed by atoms with van der Waals surface area (Å²) in [5.74, 6) is 1.65. The van der Waals surface area contributed by atoms with E-state index in [0.29, 0.717) is 13.3 Å². The number of nitrogens with zero attached hydrogens (tertiary/aromatic N) is 1. The third-order valence-electron chi connectivity index (χ3n) is 3.60. The van der Waals surface area contributed by atoms with Gasteiger partial charge >= 0.3 is 0 Å². The van der Waals surface area contributed by atoms with Gasteiger partial charge in [0.1, 0.15) is 0 Å². The molecule has 1 aliphatic heterocycles. The fourth-order valence-electron chi connectivity index (χ4n) is 2.57. The smallest absolute Gasteiger partial charge is 0.231 e. The van der Waals surface area contributed by atoms with Gasteiger partial charge < -0.3 is 14.8 Å². The molecule has 21 heavy (non-hydrogen) atoms. The first kappa shape index (κ1) is 12.0. The zero-order chi connectivity index (χ0) is 14.1. The zero-order valence-electron chi connectivity index (χ0n) is 11.4. The lowest BCUT2D eigenvalue weighted by molar-refractivity contribution is 0.173. The Hall–Kier alpha value is -2.75. The lowest BCUT2D eigenvalue weighted by atomic mass is 10.1. The molecule has 0 spiro atoms. The van der Waals surface area contributed by atoms with E-state index in [9.17, 15) is 0 Å². The molecule has 4 rings (SSSR count). The van der Waals surface area contributed by atoms with Crippen molar-refractivity contribution in [3.05, 3.63) is 60.3 Å². The minimum absolute atomic E-state index is 0.296. The van der Waals surface area contributed by atoms with Gasteiger partial charge in [0.25, 0.3) is 0 Å². The van der Waals surface area contributed by atoms with E-state index in [2.05, 4.69) is 16.4 Å². The molecule has 104 valence electrons. The van der Waals surface area contributed by atoms with Crippen LogP contribution in [0.4, 0.5) is 5.69 Å². The number of para-hydroxylation sites is 2. The lowest BCUT2D eigenvalue weighted by Crippen LogP contribution is -2.02. The fraction of sp³-hybridized carbons (Fsp3) is 0.118. The Balaban J connectivity index is 1.63. The fourth-order valence-corrected chi connectivity index (χ4v) is 2.57. The number of rotatable bonds is 3. The lowest BCUT2D eigenvalue weighted by Gasteiger charge is -2.11. The molecule has 0 radical (unpaired) electrons. The Labute approximate surface area is 122 Å². The zero-order valence-corrected chi connectivity index (χ0v) is 11.4. The van der Waals surface area contributed by atoms with Gasteiger partial charge in [-0.05, 0) is 18.2 Å². The van der Waals surface area contributed by atoms with Gasteiger partial charge in [-0.15, -0.1) is 0 Å². The van der Waals surface area contributed by atoms with E-state index < -0.39 is 0 Å². The first-order valence-electron chi connectivity index (χ1n) is 6.87. The van der Waals surface area contributed by atoms with Crippen molar-refractivity contribution in [3.63, 3.8) is 0 Å². The van der Waals surface area contributed by atoms with E-state index in [4.69, 9.17) is 9.47 Å². The Morgan fingerprint density at radius 2 is 1.95 bits per heavy atom. The summed E-state index contributed by atoms with van der Waals surface area (Å²) in [5, 5.41) is 4.57. The maximum atomic E-state index is 5.53. The van der Waals surface area contributed by atoms with Crippen LogP contribution in [-0.2, 0) is 6.54 Å². The van der Waals surface area contributed by atoms with Gasteiger partial charge in [0.2, 0.25) is 6.79 Å². The molecular formula is C17H14N2O2. The largest absolute Gasteiger partial charge is 0.454 e. The van der Waals surface area contributed by atoms with Crippen LogP contribution in [0.25, 0.3) is 10.9 Å². The van der Waals surface area contributed by atoms with Crippen LogP contribution < -0.4 is 14.8 Å². The van der Waals surface area contributed by atoms with Crippen LogP contribution in [-0.4, -0.2) is 11.8 Å². The summed E-state index contributed by atoms with van der Waals surface area (Å²) in [7, 11) is 0. The number of hydrogen-bond acceptors (Lipinski definition) is 4. The molecule has 0 bridgehead atoms. The van der Waals surface area contributed by atoms with Crippen molar-refractivity contribution in [1.82, 2.24) is 4.98 Å². The van der Waals surface area contributed by atoms with Crippen molar-refractivity contribution >= 4 is 16.6 Å². The highest BCUT2D eigenvalue weighted by Crippen LogP contribution is 2.35. The summed E-state index contributed by atoms with van der Waals surface area (Å²) in [6.45, 7) is 0.977.